The van der Waals surface area contributed by atoms with E-state index in [-0.39, 0.29) is 18.1 Å². The van der Waals surface area contributed by atoms with Gasteiger partial charge in [0.1, 0.15) is 6.10 Å². The van der Waals surface area contributed by atoms with E-state index >= 15 is 0 Å². The Morgan fingerprint density at radius 1 is 1.26 bits per heavy atom. The average Bonchev–Trinajstić information content (AvgIpc) is 2.86. The lowest BCUT2D eigenvalue weighted by Crippen LogP contribution is -2.37. The van der Waals surface area contributed by atoms with Crippen molar-refractivity contribution in [3.63, 3.8) is 0 Å². The van der Waals surface area contributed by atoms with Gasteiger partial charge in [-0.1, -0.05) is 63.4 Å². The summed E-state index contributed by atoms with van der Waals surface area (Å²) in [6, 6.07) is 9.34. The third-order valence-electron chi connectivity index (χ3n) is 4.57. The van der Waals surface area contributed by atoms with Gasteiger partial charge in [-0.2, -0.15) is 0 Å². The highest BCUT2D eigenvalue weighted by atomic mass is 16.6. The minimum atomic E-state index is -0.516. The second-order valence-corrected chi connectivity index (χ2v) is 6.51. The van der Waals surface area contributed by atoms with Crippen LogP contribution in [0.5, 0.6) is 0 Å². The van der Waals surface area contributed by atoms with E-state index in [9.17, 15) is 9.59 Å². The van der Waals surface area contributed by atoms with E-state index in [0.29, 0.717) is 12.3 Å². The molecule has 1 aromatic rings. The van der Waals surface area contributed by atoms with Crippen LogP contribution in [0.1, 0.15) is 64.5 Å². The third kappa shape index (κ3) is 4.34. The highest BCUT2D eigenvalue weighted by molar-refractivity contribution is 5.93. The minimum Gasteiger partial charge on any atom is -0.439 e. The summed E-state index contributed by atoms with van der Waals surface area (Å²) in [6.07, 6.45) is 3.84. The number of imide groups is 1. The Kier molecular flexibility index (Phi) is 6.20. The molecule has 0 saturated carbocycles. The normalized spacial score (nSPS) is 22.0. The van der Waals surface area contributed by atoms with Gasteiger partial charge in [-0.05, 0) is 24.8 Å². The van der Waals surface area contributed by atoms with Crippen molar-refractivity contribution in [1.82, 2.24) is 4.90 Å². The molecule has 1 fully saturated rings. The predicted octanol–water partition coefficient (Wildman–Crippen LogP) is 4.70. The van der Waals surface area contributed by atoms with Gasteiger partial charge in [0, 0.05) is 6.42 Å². The fourth-order valence-corrected chi connectivity index (χ4v) is 3.07. The Labute approximate surface area is 138 Å². The second kappa shape index (κ2) is 8.14. The summed E-state index contributed by atoms with van der Waals surface area (Å²) in [5.74, 6) is 0.391. The first-order valence-corrected chi connectivity index (χ1v) is 8.62. The molecule has 23 heavy (non-hydrogen) atoms. The number of carbonyl (C=O) groups excluding carboxylic acids is 2. The van der Waals surface area contributed by atoms with E-state index in [2.05, 4.69) is 13.8 Å². The van der Waals surface area contributed by atoms with Crippen molar-refractivity contribution in [2.75, 3.05) is 0 Å². The number of unbranched alkanes of at least 4 members (excludes halogenated alkanes) is 1. The molecule has 0 spiro atoms. The van der Waals surface area contributed by atoms with Crippen LogP contribution in [-0.2, 0) is 9.53 Å². The highest BCUT2D eigenvalue weighted by Gasteiger charge is 2.42. The van der Waals surface area contributed by atoms with Crippen molar-refractivity contribution < 1.29 is 14.3 Å². The minimum absolute atomic E-state index is 0.121. The van der Waals surface area contributed by atoms with Gasteiger partial charge < -0.3 is 4.74 Å². The number of nitrogens with zero attached hydrogens (tertiary/aromatic N) is 1. The van der Waals surface area contributed by atoms with Crippen LogP contribution in [0, 0.1) is 5.92 Å². The van der Waals surface area contributed by atoms with Crippen LogP contribution >= 0.6 is 0 Å². The molecule has 4 nitrogen and oxygen atoms in total. The van der Waals surface area contributed by atoms with Gasteiger partial charge in [0.25, 0.3) is 0 Å². The van der Waals surface area contributed by atoms with Crippen LogP contribution in [0.15, 0.2) is 30.3 Å². The largest absolute Gasteiger partial charge is 0.439 e. The number of amides is 2. The fourth-order valence-electron chi connectivity index (χ4n) is 3.07. The molecule has 0 radical (unpaired) electrons. The molecule has 2 amide bonds. The SMILES string of the molecule is CCCC[C@H](C)CCC(=O)N1C(=O)O[C@@H](c2ccccc2)[C@H]1C. The van der Waals surface area contributed by atoms with Gasteiger partial charge in [0.2, 0.25) is 5.91 Å². The van der Waals surface area contributed by atoms with E-state index in [4.69, 9.17) is 4.74 Å². The summed E-state index contributed by atoms with van der Waals surface area (Å²) in [6.45, 7) is 6.21. The lowest BCUT2D eigenvalue weighted by atomic mass is 9.98. The predicted molar refractivity (Wildman–Crippen MR) is 89.9 cm³/mol. The first kappa shape index (κ1) is 17.5. The summed E-state index contributed by atoms with van der Waals surface area (Å²) in [5, 5.41) is 0. The van der Waals surface area contributed by atoms with Crippen LogP contribution in [0.25, 0.3) is 0 Å². The van der Waals surface area contributed by atoms with Crippen molar-refractivity contribution in [2.24, 2.45) is 5.92 Å². The topological polar surface area (TPSA) is 46.6 Å². The first-order valence-electron chi connectivity index (χ1n) is 8.62. The molecule has 2 rings (SSSR count). The Hall–Kier alpha value is -1.84. The zero-order chi connectivity index (χ0) is 16.8. The van der Waals surface area contributed by atoms with Crippen molar-refractivity contribution in [3.05, 3.63) is 35.9 Å². The summed E-state index contributed by atoms with van der Waals surface area (Å²) < 4.78 is 5.43. The monoisotopic (exact) mass is 317 g/mol. The molecule has 3 atom stereocenters. The van der Waals surface area contributed by atoms with Crippen LogP contribution in [0.3, 0.4) is 0 Å². The van der Waals surface area contributed by atoms with Crippen molar-refractivity contribution >= 4 is 12.0 Å². The number of ether oxygens (including phenoxy) is 1. The van der Waals surface area contributed by atoms with Gasteiger partial charge in [-0.15, -0.1) is 0 Å². The molecule has 1 aromatic carbocycles. The van der Waals surface area contributed by atoms with E-state index in [1.807, 2.05) is 37.3 Å². The van der Waals surface area contributed by atoms with E-state index in [0.717, 1.165) is 18.4 Å². The Morgan fingerprint density at radius 3 is 2.61 bits per heavy atom. The van der Waals surface area contributed by atoms with Gasteiger partial charge in [0.05, 0.1) is 6.04 Å². The van der Waals surface area contributed by atoms with E-state index < -0.39 is 6.09 Å². The summed E-state index contributed by atoms with van der Waals surface area (Å²) in [5.41, 5.74) is 0.931. The molecule has 0 N–H and O–H groups in total. The van der Waals surface area contributed by atoms with Gasteiger partial charge in [0.15, 0.2) is 0 Å². The summed E-state index contributed by atoms with van der Waals surface area (Å²) in [7, 11) is 0. The lowest BCUT2D eigenvalue weighted by Gasteiger charge is -2.20. The fraction of sp³-hybridized carbons (Fsp3) is 0.579. The van der Waals surface area contributed by atoms with Gasteiger partial charge in [-0.25, -0.2) is 9.69 Å². The average molecular weight is 317 g/mol. The van der Waals surface area contributed by atoms with Crippen LogP contribution in [0.4, 0.5) is 4.79 Å². The number of benzene rings is 1. The molecule has 0 aromatic heterocycles. The van der Waals surface area contributed by atoms with Gasteiger partial charge in [-0.3, -0.25) is 4.79 Å². The maximum atomic E-state index is 12.4. The third-order valence-corrected chi connectivity index (χ3v) is 4.57. The Morgan fingerprint density at radius 2 is 1.96 bits per heavy atom. The Bertz CT molecular complexity index is 529. The summed E-state index contributed by atoms with van der Waals surface area (Å²) in [4.78, 5) is 25.9. The van der Waals surface area contributed by atoms with Crippen molar-refractivity contribution in [3.8, 4) is 0 Å². The van der Waals surface area contributed by atoms with Gasteiger partial charge >= 0.3 is 6.09 Å². The standard InChI is InChI=1S/C19H27NO3/c1-4-5-9-14(2)12-13-17(21)20-15(3)18(23-19(20)22)16-10-7-6-8-11-16/h6-8,10-11,14-15,18H,4-5,9,12-13H2,1-3H3/t14-,15+,18+/m0/s1. The molecular formula is C19H27NO3. The quantitative estimate of drug-likeness (QED) is 0.732. The Balaban J connectivity index is 1.94. The molecule has 1 aliphatic rings. The summed E-state index contributed by atoms with van der Waals surface area (Å²) >= 11 is 0. The lowest BCUT2D eigenvalue weighted by molar-refractivity contribution is -0.129. The second-order valence-electron chi connectivity index (χ2n) is 6.51. The smallest absolute Gasteiger partial charge is 0.417 e. The van der Waals surface area contributed by atoms with E-state index in [1.54, 1.807) is 0 Å². The molecule has 0 bridgehead atoms. The molecular weight excluding hydrogens is 290 g/mol. The van der Waals surface area contributed by atoms with Crippen molar-refractivity contribution in [2.45, 2.75) is 65.0 Å². The number of hydrogen-bond acceptors (Lipinski definition) is 3. The zero-order valence-corrected chi connectivity index (χ0v) is 14.3. The van der Waals surface area contributed by atoms with Crippen LogP contribution < -0.4 is 0 Å². The number of hydrogen-bond donors (Lipinski definition) is 0. The first-order chi connectivity index (χ1) is 11.0. The van der Waals surface area contributed by atoms with Crippen LogP contribution in [-0.4, -0.2) is 22.9 Å². The molecule has 0 aliphatic carbocycles. The molecule has 1 aliphatic heterocycles. The molecule has 126 valence electrons. The van der Waals surface area contributed by atoms with E-state index in [1.165, 1.54) is 17.7 Å². The number of rotatable bonds is 7. The number of cyclic esters (lactones) is 1. The molecule has 1 saturated heterocycles. The number of carbonyl (C=O) groups is 2. The molecule has 1 heterocycles. The molecule has 0 unspecified atom stereocenters. The highest BCUT2D eigenvalue weighted by Crippen LogP contribution is 2.33. The van der Waals surface area contributed by atoms with Crippen molar-refractivity contribution in [1.29, 1.82) is 0 Å². The zero-order valence-electron chi connectivity index (χ0n) is 14.3. The maximum Gasteiger partial charge on any atom is 0.417 e. The maximum absolute atomic E-state index is 12.4. The molecule has 4 heteroatoms. The van der Waals surface area contributed by atoms with Crippen LogP contribution in [0.2, 0.25) is 0 Å².